The summed E-state index contributed by atoms with van der Waals surface area (Å²) in [6.45, 7) is 5.86. The summed E-state index contributed by atoms with van der Waals surface area (Å²) in [6.07, 6.45) is 4.09. The molecule has 0 unspecified atom stereocenters. The first-order chi connectivity index (χ1) is 11.6. The van der Waals surface area contributed by atoms with Gasteiger partial charge in [-0.25, -0.2) is 9.97 Å². The van der Waals surface area contributed by atoms with Gasteiger partial charge in [-0.2, -0.15) is 0 Å². The van der Waals surface area contributed by atoms with Gasteiger partial charge in [0.25, 0.3) is 0 Å². The highest BCUT2D eigenvalue weighted by Crippen LogP contribution is 2.21. The first-order valence-electron chi connectivity index (χ1n) is 8.04. The summed E-state index contributed by atoms with van der Waals surface area (Å²) >= 11 is 0. The van der Waals surface area contributed by atoms with Crippen molar-refractivity contribution in [2.45, 2.75) is 20.4 Å². The van der Waals surface area contributed by atoms with Gasteiger partial charge in [-0.1, -0.05) is 42.5 Å². The van der Waals surface area contributed by atoms with Crippen molar-refractivity contribution in [3.63, 3.8) is 0 Å². The number of benzene rings is 1. The number of nitrogen functional groups attached to an aromatic ring is 1. The van der Waals surface area contributed by atoms with Crippen LogP contribution in [0.3, 0.4) is 0 Å². The maximum absolute atomic E-state index is 5.96. The Morgan fingerprint density at radius 1 is 1.17 bits per heavy atom. The van der Waals surface area contributed by atoms with Crippen LogP contribution in [0.4, 0.5) is 5.82 Å². The molecule has 5 heteroatoms. The summed E-state index contributed by atoms with van der Waals surface area (Å²) in [6, 6.07) is 12.2. The molecule has 0 aliphatic carbocycles. The number of hydrogen-bond donors (Lipinski definition) is 1. The van der Waals surface area contributed by atoms with Gasteiger partial charge in [0.05, 0.1) is 18.7 Å². The molecule has 2 heterocycles. The van der Waals surface area contributed by atoms with Crippen molar-refractivity contribution in [3.8, 4) is 0 Å². The molecule has 3 rings (SSSR count). The van der Waals surface area contributed by atoms with Gasteiger partial charge in [0.15, 0.2) is 5.82 Å². The highest BCUT2D eigenvalue weighted by Gasteiger charge is 2.11. The molecule has 0 atom stereocenters. The van der Waals surface area contributed by atoms with E-state index in [0.717, 1.165) is 29.1 Å². The Morgan fingerprint density at radius 2 is 1.96 bits per heavy atom. The lowest BCUT2D eigenvalue weighted by Gasteiger charge is -2.07. The van der Waals surface area contributed by atoms with Crippen molar-refractivity contribution in [2.75, 3.05) is 18.9 Å². The molecule has 5 nitrogen and oxygen atoms in total. The van der Waals surface area contributed by atoms with E-state index in [2.05, 4.69) is 32.7 Å². The van der Waals surface area contributed by atoms with Gasteiger partial charge in [0, 0.05) is 12.2 Å². The molecule has 0 aliphatic heterocycles. The van der Waals surface area contributed by atoms with Crippen LogP contribution < -0.4 is 5.73 Å². The van der Waals surface area contributed by atoms with Crippen LogP contribution in [-0.2, 0) is 11.3 Å². The zero-order valence-corrected chi connectivity index (χ0v) is 14.1. The van der Waals surface area contributed by atoms with E-state index in [0.29, 0.717) is 19.0 Å². The number of pyridine rings is 1. The number of rotatable bonds is 6. The third-order valence-electron chi connectivity index (χ3n) is 3.87. The van der Waals surface area contributed by atoms with E-state index in [1.54, 1.807) is 0 Å². The van der Waals surface area contributed by atoms with Crippen LogP contribution in [0.5, 0.6) is 0 Å². The molecule has 0 aliphatic rings. The number of imidazole rings is 1. The van der Waals surface area contributed by atoms with E-state index in [4.69, 9.17) is 10.5 Å². The fraction of sp³-hybridized carbons (Fsp3) is 0.263. The fourth-order valence-corrected chi connectivity index (χ4v) is 2.73. The maximum Gasteiger partial charge on any atom is 0.151 e. The fourth-order valence-electron chi connectivity index (χ4n) is 2.73. The number of fused-ring (bicyclic) bond motifs is 1. The minimum atomic E-state index is 0.485. The van der Waals surface area contributed by atoms with Gasteiger partial charge in [-0.05, 0) is 25.5 Å². The average molecular weight is 322 g/mol. The minimum Gasteiger partial charge on any atom is -0.382 e. The highest BCUT2D eigenvalue weighted by molar-refractivity contribution is 5.85. The Labute approximate surface area is 141 Å². The Hall–Kier alpha value is -2.66. The van der Waals surface area contributed by atoms with Crippen LogP contribution in [0.25, 0.3) is 17.1 Å². The molecule has 0 saturated heterocycles. The average Bonchev–Trinajstić information content (AvgIpc) is 2.88. The number of nitrogens with two attached hydrogens (primary N) is 1. The smallest absolute Gasteiger partial charge is 0.151 e. The predicted octanol–water partition coefficient (Wildman–Crippen LogP) is 3.36. The van der Waals surface area contributed by atoms with E-state index in [9.17, 15) is 0 Å². The Balaban J connectivity index is 1.58. The van der Waals surface area contributed by atoms with Gasteiger partial charge in [0.1, 0.15) is 11.3 Å². The largest absolute Gasteiger partial charge is 0.382 e. The number of ether oxygens (including phenoxy) is 1. The van der Waals surface area contributed by atoms with Gasteiger partial charge < -0.3 is 15.0 Å². The van der Waals surface area contributed by atoms with Gasteiger partial charge in [-0.3, -0.25) is 0 Å². The maximum atomic E-state index is 5.96. The van der Waals surface area contributed by atoms with Crippen LogP contribution >= 0.6 is 0 Å². The molecule has 0 spiro atoms. The molecule has 0 fully saturated rings. The summed E-state index contributed by atoms with van der Waals surface area (Å²) in [5, 5.41) is 0. The van der Waals surface area contributed by atoms with Crippen LogP contribution in [-0.4, -0.2) is 27.7 Å². The molecule has 1 aromatic carbocycles. The zero-order chi connectivity index (χ0) is 16.9. The molecule has 3 aromatic rings. The second-order valence-electron chi connectivity index (χ2n) is 5.72. The normalized spacial score (nSPS) is 11.6. The molecule has 24 heavy (non-hydrogen) atoms. The summed E-state index contributed by atoms with van der Waals surface area (Å²) in [5.41, 5.74) is 9.82. The molecule has 0 bridgehead atoms. The standard InChI is InChI=1S/C19H22N4O/c1-14-13-17-18(19(20)21-14)22-15(2)23(17)10-12-24-11-6-9-16-7-4-3-5-8-16/h3-9,13H,10-12H2,1-2H3,(H2,20,21)/b9-6+. The molecule has 2 N–H and O–H groups in total. The number of aromatic nitrogens is 3. The topological polar surface area (TPSA) is 66.0 Å². The summed E-state index contributed by atoms with van der Waals surface area (Å²) < 4.78 is 7.84. The van der Waals surface area contributed by atoms with E-state index >= 15 is 0 Å². The molecule has 0 saturated carbocycles. The van der Waals surface area contributed by atoms with Crippen LogP contribution in [0.15, 0.2) is 42.5 Å². The lowest BCUT2D eigenvalue weighted by atomic mass is 10.2. The number of nitrogens with zero attached hydrogens (tertiary/aromatic N) is 3. The number of anilines is 1. The first-order valence-corrected chi connectivity index (χ1v) is 8.04. The Kier molecular flexibility index (Phi) is 4.91. The lowest BCUT2D eigenvalue weighted by molar-refractivity contribution is 0.154. The second kappa shape index (κ2) is 7.27. The SMILES string of the molecule is Cc1cc2c(nc(C)n2CCOC/C=C/c2ccccc2)c(N)n1. The van der Waals surface area contributed by atoms with Crippen molar-refractivity contribution >= 4 is 22.9 Å². The van der Waals surface area contributed by atoms with Gasteiger partial charge >= 0.3 is 0 Å². The highest BCUT2D eigenvalue weighted by atomic mass is 16.5. The van der Waals surface area contributed by atoms with E-state index in [-0.39, 0.29) is 0 Å². The monoisotopic (exact) mass is 322 g/mol. The summed E-state index contributed by atoms with van der Waals surface area (Å²) in [7, 11) is 0. The third-order valence-corrected chi connectivity index (χ3v) is 3.87. The zero-order valence-electron chi connectivity index (χ0n) is 14.1. The van der Waals surface area contributed by atoms with Crippen molar-refractivity contribution < 1.29 is 4.74 Å². The second-order valence-corrected chi connectivity index (χ2v) is 5.72. The number of hydrogen-bond acceptors (Lipinski definition) is 4. The van der Waals surface area contributed by atoms with Crippen molar-refractivity contribution in [1.29, 1.82) is 0 Å². The van der Waals surface area contributed by atoms with E-state index in [1.165, 1.54) is 5.56 Å². The van der Waals surface area contributed by atoms with Crippen molar-refractivity contribution in [1.82, 2.24) is 14.5 Å². The molecular weight excluding hydrogens is 300 g/mol. The molecule has 0 amide bonds. The minimum absolute atomic E-state index is 0.485. The van der Waals surface area contributed by atoms with Crippen LogP contribution in [0.2, 0.25) is 0 Å². The summed E-state index contributed by atoms with van der Waals surface area (Å²) in [5.74, 6) is 1.41. The third kappa shape index (κ3) is 3.63. The molecule has 0 radical (unpaired) electrons. The van der Waals surface area contributed by atoms with Crippen molar-refractivity contribution in [3.05, 3.63) is 59.6 Å². The van der Waals surface area contributed by atoms with Gasteiger partial charge in [0.2, 0.25) is 0 Å². The predicted molar refractivity (Wildman–Crippen MR) is 97.7 cm³/mol. The number of aryl methyl sites for hydroxylation is 2. The quantitative estimate of drug-likeness (QED) is 0.707. The van der Waals surface area contributed by atoms with Crippen LogP contribution in [0, 0.1) is 13.8 Å². The lowest BCUT2D eigenvalue weighted by Crippen LogP contribution is -2.08. The molecular formula is C19H22N4O. The van der Waals surface area contributed by atoms with E-state index in [1.807, 2.05) is 44.2 Å². The first kappa shape index (κ1) is 16.2. The molecule has 124 valence electrons. The van der Waals surface area contributed by atoms with Crippen LogP contribution in [0.1, 0.15) is 17.1 Å². The van der Waals surface area contributed by atoms with Crippen molar-refractivity contribution in [2.24, 2.45) is 0 Å². The van der Waals surface area contributed by atoms with E-state index < -0.39 is 0 Å². The summed E-state index contributed by atoms with van der Waals surface area (Å²) in [4.78, 5) is 8.78. The Bertz CT molecular complexity index is 853. The molecule has 2 aromatic heterocycles. The Morgan fingerprint density at radius 3 is 2.75 bits per heavy atom. The van der Waals surface area contributed by atoms with Gasteiger partial charge in [-0.15, -0.1) is 0 Å².